The first kappa shape index (κ1) is 11.7. The summed E-state index contributed by atoms with van der Waals surface area (Å²) in [7, 11) is 0. The Morgan fingerprint density at radius 1 is 1.36 bits per heavy atom. The van der Waals surface area contributed by atoms with Gasteiger partial charge in [0.05, 0.1) is 0 Å². The molecule has 1 aromatic rings. The van der Waals surface area contributed by atoms with E-state index in [2.05, 4.69) is 29.8 Å². The smallest absolute Gasteiger partial charge is 0.123 e. The third kappa shape index (κ3) is 3.79. The van der Waals surface area contributed by atoms with Crippen molar-refractivity contribution in [2.45, 2.75) is 31.5 Å². The van der Waals surface area contributed by atoms with Gasteiger partial charge < -0.3 is 0 Å². The number of rotatable bonds is 4. The molecule has 2 heteroatoms. The van der Waals surface area contributed by atoms with Crippen molar-refractivity contribution in [1.29, 1.82) is 0 Å². The van der Waals surface area contributed by atoms with Crippen LogP contribution >= 0.6 is 15.9 Å². The second-order valence-electron chi connectivity index (χ2n) is 3.93. The first-order valence-electron chi connectivity index (χ1n) is 4.98. The fourth-order valence-corrected chi connectivity index (χ4v) is 1.56. The van der Waals surface area contributed by atoms with Crippen molar-refractivity contribution >= 4 is 15.9 Å². The number of alkyl halides is 1. The lowest BCUT2D eigenvalue weighted by Gasteiger charge is -2.13. The molecule has 0 amide bonds. The van der Waals surface area contributed by atoms with E-state index < -0.39 is 0 Å². The molecule has 0 radical (unpaired) electrons. The van der Waals surface area contributed by atoms with Crippen LogP contribution in [0.4, 0.5) is 4.39 Å². The van der Waals surface area contributed by atoms with Gasteiger partial charge in [0.2, 0.25) is 0 Å². The van der Waals surface area contributed by atoms with Gasteiger partial charge in [-0.1, -0.05) is 41.9 Å². The normalized spacial score (nSPS) is 13.2. The van der Waals surface area contributed by atoms with Gasteiger partial charge in [-0.3, -0.25) is 0 Å². The molecule has 14 heavy (non-hydrogen) atoms. The van der Waals surface area contributed by atoms with Gasteiger partial charge in [-0.15, -0.1) is 0 Å². The van der Waals surface area contributed by atoms with Gasteiger partial charge in [0.25, 0.3) is 0 Å². The van der Waals surface area contributed by atoms with E-state index in [-0.39, 0.29) is 5.82 Å². The average Bonchev–Trinajstić information content (AvgIpc) is 2.14. The van der Waals surface area contributed by atoms with Gasteiger partial charge in [0.15, 0.2) is 0 Å². The zero-order valence-corrected chi connectivity index (χ0v) is 10.2. The number of halogens is 2. The molecule has 0 nitrogen and oxygen atoms in total. The van der Waals surface area contributed by atoms with Crippen molar-refractivity contribution in [3.63, 3.8) is 0 Å². The Bertz CT molecular complexity index is 283. The molecule has 0 spiro atoms. The van der Waals surface area contributed by atoms with Gasteiger partial charge in [0.1, 0.15) is 5.82 Å². The Morgan fingerprint density at radius 2 is 2.07 bits per heavy atom. The Morgan fingerprint density at radius 3 is 2.64 bits per heavy atom. The van der Waals surface area contributed by atoms with Crippen LogP contribution in [0.15, 0.2) is 24.3 Å². The highest BCUT2D eigenvalue weighted by molar-refractivity contribution is 9.09. The SMILES string of the molecule is CC(C)C(Br)CCc1cccc(F)c1. The summed E-state index contributed by atoms with van der Waals surface area (Å²) in [6.07, 6.45) is 1.99. The Kier molecular flexibility index (Phi) is 4.59. The predicted molar refractivity (Wildman–Crippen MR) is 62.3 cm³/mol. The van der Waals surface area contributed by atoms with E-state index in [1.54, 1.807) is 12.1 Å². The first-order chi connectivity index (χ1) is 6.59. The lowest BCUT2D eigenvalue weighted by molar-refractivity contribution is 0.579. The molecule has 0 bridgehead atoms. The fourth-order valence-electron chi connectivity index (χ4n) is 1.33. The topological polar surface area (TPSA) is 0 Å². The second-order valence-corrected chi connectivity index (χ2v) is 5.10. The molecule has 0 aliphatic carbocycles. The van der Waals surface area contributed by atoms with Crippen molar-refractivity contribution in [2.24, 2.45) is 5.92 Å². The number of hydrogen-bond donors (Lipinski definition) is 0. The maximum Gasteiger partial charge on any atom is 0.123 e. The summed E-state index contributed by atoms with van der Waals surface area (Å²) in [4.78, 5) is 0.519. The van der Waals surface area contributed by atoms with E-state index >= 15 is 0 Å². The quantitative estimate of drug-likeness (QED) is 0.711. The van der Waals surface area contributed by atoms with Crippen molar-refractivity contribution in [3.8, 4) is 0 Å². The lowest BCUT2D eigenvalue weighted by atomic mass is 10.0. The minimum absolute atomic E-state index is 0.141. The van der Waals surface area contributed by atoms with Crippen LogP contribution in [0.3, 0.4) is 0 Å². The molecule has 1 unspecified atom stereocenters. The third-order valence-electron chi connectivity index (χ3n) is 2.32. The third-order valence-corrected chi connectivity index (χ3v) is 3.84. The van der Waals surface area contributed by atoms with Crippen molar-refractivity contribution in [3.05, 3.63) is 35.6 Å². The molecule has 1 aromatic carbocycles. The van der Waals surface area contributed by atoms with Crippen molar-refractivity contribution < 1.29 is 4.39 Å². The van der Waals surface area contributed by atoms with E-state index in [9.17, 15) is 4.39 Å². The number of benzene rings is 1. The van der Waals surface area contributed by atoms with Crippen LogP contribution in [0, 0.1) is 11.7 Å². The minimum atomic E-state index is -0.141. The Labute approximate surface area is 93.7 Å². The van der Waals surface area contributed by atoms with Gasteiger partial charge in [-0.2, -0.15) is 0 Å². The molecule has 0 aromatic heterocycles. The highest BCUT2D eigenvalue weighted by Crippen LogP contribution is 2.18. The fraction of sp³-hybridized carbons (Fsp3) is 0.500. The van der Waals surface area contributed by atoms with Crippen LogP contribution in [0.2, 0.25) is 0 Å². The molecule has 0 saturated carbocycles. The highest BCUT2D eigenvalue weighted by atomic mass is 79.9. The number of aryl methyl sites for hydroxylation is 1. The summed E-state index contributed by atoms with van der Waals surface area (Å²) in [5.74, 6) is 0.488. The summed E-state index contributed by atoms with van der Waals surface area (Å²) >= 11 is 3.62. The zero-order chi connectivity index (χ0) is 10.6. The van der Waals surface area contributed by atoms with E-state index in [1.807, 2.05) is 6.07 Å². The summed E-state index contributed by atoms with van der Waals surface area (Å²) in [5.41, 5.74) is 1.08. The molecule has 0 fully saturated rings. The molecule has 0 saturated heterocycles. The zero-order valence-electron chi connectivity index (χ0n) is 8.63. The largest absolute Gasteiger partial charge is 0.207 e. The summed E-state index contributed by atoms with van der Waals surface area (Å²) in [6, 6.07) is 6.84. The Balaban J connectivity index is 2.45. The lowest BCUT2D eigenvalue weighted by Crippen LogP contribution is -2.08. The maximum atomic E-state index is 12.8. The van der Waals surface area contributed by atoms with E-state index in [0.717, 1.165) is 18.4 Å². The van der Waals surface area contributed by atoms with Crippen molar-refractivity contribution in [2.75, 3.05) is 0 Å². The monoisotopic (exact) mass is 258 g/mol. The van der Waals surface area contributed by atoms with Crippen molar-refractivity contribution in [1.82, 2.24) is 0 Å². The van der Waals surface area contributed by atoms with E-state index in [1.165, 1.54) is 6.07 Å². The Hall–Kier alpha value is -0.370. The van der Waals surface area contributed by atoms with Gasteiger partial charge >= 0.3 is 0 Å². The highest BCUT2D eigenvalue weighted by Gasteiger charge is 2.08. The molecule has 0 aliphatic rings. The minimum Gasteiger partial charge on any atom is -0.207 e. The van der Waals surface area contributed by atoms with Gasteiger partial charge in [-0.05, 0) is 36.5 Å². The predicted octanol–water partition coefficient (Wildman–Crippen LogP) is 4.18. The van der Waals surface area contributed by atoms with Crippen LogP contribution in [0.1, 0.15) is 25.8 Å². The van der Waals surface area contributed by atoms with Crippen LogP contribution in [-0.2, 0) is 6.42 Å². The first-order valence-corrected chi connectivity index (χ1v) is 5.89. The summed E-state index contributed by atoms with van der Waals surface area (Å²) < 4.78 is 12.8. The standard InChI is InChI=1S/C12H16BrF/c1-9(2)12(13)7-6-10-4-3-5-11(14)8-10/h3-5,8-9,12H,6-7H2,1-2H3. The maximum absolute atomic E-state index is 12.8. The van der Waals surface area contributed by atoms with E-state index in [4.69, 9.17) is 0 Å². The molecule has 0 heterocycles. The molecule has 78 valence electrons. The number of hydrogen-bond acceptors (Lipinski definition) is 0. The average molecular weight is 259 g/mol. The molecule has 1 rings (SSSR count). The van der Waals surface area contributed by atoms with Crippen LogP contribution in [0.25, 0.3) is 0 Å². The van der Waals surface area contributed by atoms with Gasteiger partial charge in [-0.25, -0.2) is 4.39 Å². The van der Waals surface area contributed by atoms with Gasteiger partial charge in [0, 0.05) is 4.83 Å². The summed E-state index contributed by atoms with van der Waals surface area (Å²) in [6.45, 7) is 4.37. The molecule has 0 aliphatic heterocycles. The molecular formula is C12H16BrF. The summed E-state index contributed by atoms with van der Waals surface area (Å²) in [5, 5.41) is 0. The molecule has 0 N–H and O–H groups in total. The molecule has 1 atom stereocenters. The second kappa shape index (κ2) is 5.50. The molecular weight excluding hydrogens is 243 g/mol. The van der Waals surface area contributed by atoms with E-state index in [0.29, 0.717) is 10.7 Å². The van der Waals surface area contributed by atoms with Crippen LogP contribution in [0.5, 0.6) is 0 Å². The van der Waals surface area contributed by atoms with Crippen LogP contribution in [-0.4, -0.2) is 4.83 Å². The van der Waals surface area contributed by atoms with Crippen LogP contribution < -0.4 is 0 Å².